The Morgan fingerprint density at radius 2 is 1.79 bits per heavy atom. The Kier molecular flexibility index (Phi) is 3.00. The largest absolute Gasteiger partial charge is 0.281 e. The molecule has 0 heterocycles. The van der Waals surface area contributed by atoms with Gasteiger partial charge in [-0.2, -0.15) is 0 Å². The summed E-state index contributed by atoms with van der Waals surface area (Å²) in [4.78, 5) is 21.1. The van der Waals surface area contributed by atoms with E-state index in [-0.39, 0.29) is 10.4 Å². The molecule has 0 aliphatic rings. The Hall–Kier alpha value is -1.23. The van der Waals surface area contributed by atoms with Crippen molar-refractivity contribution in [2.24, 2.45) is 0 Å². The van der Waals surface area contributed by atoms with Crippen LogP contribution in [0.2, 0.25) is 0 Å². The van der Waals surface area contributed by atoms with Gasteiger partial charge in [-0.05, 0) is 40.9 Å². The molecule has 0 aromatic heterocycles. The lowest BCUT2D eigenvalue weighted by molar-refractivity contribution is -0.384. The molecule has 0 N–H and O–H groups in total. The number of non-ortho nitro benzene ring substituents is 1. The van der Waals surface area contributed by atoms with E-state index in [1.807, 2.05) is 0 Å². The second-order valence-electron chi connectivity index (χ2n) is 2.99. The molecule has 0 amide bonds. The van der Waals surface area contributed by atoms with Gasteiger partial charge in [0.1, 0.15) is 0 Å². The molecular weight excluding hydrogens is 250 g/mol. The molecule has 0 unspecified atom stereocenters. The Morgan fingerprint density at radius 1 is 1.36 bits per heavy atom. The van der Waals surface area contributed by atoms with E-state index in [1.54, 1.807) is 13.8 Å². The van der Waals surface area contributed by atoms with E-state index in [9.17, 15) is 14.9 Å². The number of hydrogen-bond donors (Lipinski definition) is 0. The second kappa shape index (κ2) is 3.88. The van der Waals surface area contributed by atoms with Gasteiger partial charge in [-0.25, -0.2) is 0 Å². The molecular formula is C9H8BrNO3. The first kappa shape index (κ1) is 10.8. The summed E-state index contributed by atoms with van der Waals surface area (Å²) in [5, 5.41) is 10.5. The summed E-state index contributed by atoms with van der Waals surface area (Å²) in [7, 11) is 0. The summed E-state index contributed by atoms with van der Waals surface area (Å²) in [6.07, 6.45) is 0. The van der Waals surface area contributed by atoms with Gasteiger partial charge in [0.15, 0.2) is 0 Å². The van der Waals surface area contributed by atoms with Crippen molar-refractivity contribution in [2.75, 3.05) is 0 Å². The maximum Gasteiger partial charge on any atom is 0.270 e. The third-order valence-electron chi connectivity index (χ3n) is 1.92. The molecule has 74 valence electrons. The fourth-order valence-corrected chi connectivity index (χ4v) is 1.98. The third kappa shape index (κ3) is 1.98. The number of carbonyl (C=O) groups excluding carboxylic acids is 1. The second-order valence-corrected chi connectivity index (χ2v) is 3.71. The van der Waals surface area contributed by atoms with Crippen LogP contribution in [0.25, 0.3) is 0 Å². The van der Waals surface area contributed by atoms with E-state index >= 15 is 0 Å². The van der Waals surface area contributed by atoms with Gasteiger partial charge < -0.3 is 0 Å². The van der Waals surface area contributed by atoms with E-state index in [1.165, 1.54) is 12.1 Å². The smallest absolute Gasteiger partial charge is 0.270 e. The minimum Gasteiger partial charge on any atom is -0.281 e. The van der Waals surface area contributed by atoms with Crippen LogP contribution in [0.4, 0.5) is 5.69 Å². The quantitative estimate of drug-likeness (QED) is 0.465. The van der Waals surface area contributed by atoms with Crippen molar-refractivity contribution < 1.29 is 9.72 Å². The number of nitrogens with zero attached hydrogens (tertiary/aromatic N) is 1. The molecule has 1 aromatic carbocycles. The molecule has 0 radical (unpaired) electrons. The number of nitro groups is 1. The molecule has 0 spiro atoms. The van der Waals surface area contributed by atoms with Crippen molar-refractivity contribution in [1.29, 1.82) is 0 Å². The first-order valence-electron chi connectivity index (χ1n) is 3.89. The first-order valence-corrected chi connectivity index (χ1v) is 4.68. The zero-order valence-corrected chi connectivity index (χ0v) is 9.29. The van der Waals surface area contributed by atoms with E-state index < -0.39 is 4.92 Å². The summed E-state index contributed by atoms with van der Waals surface area (Å²) >= 11 is 2.84. The summed E-state index contributed by atoms with van der Waals surface area (Å²) < 4.78 is -0.248. The molecule has 0 saturated heterocycles. The third-order valence-corrected chi connectivity index (χ3v) is 2.32. The van der Waals surface area contributed by atoms with Crippen LogP contribution in [0, 0.1) is 24.0 Å². The fraction of sp³-hybridized carbons (Fsp3) is 0.222. The molecule has 1 aromatic rings. The molecule has 0 atom stereocenters. The fourth-order valence-electron chi connectivity index (χ4n) is 1.36. The van der Waals surface area contributed by atoms with Crippen LogP contribution < -0.4 is 0 Å². The van der Waals surface area contributed by atoms with Crippen molar-refractivity contribution in [1.82, 2.24) is 0 Å². The topological polar surface area (TPSA) is 60.2 Å². The van der Waals surface area contributed by atoms with Gasteiger partial charge >= 0.3 is 0 Å². The molecule has 0 saturated carbocycles. The summed E-state index contributed by atoms with van der Waals surface area (Å²) in [5.41, 5.74) is 1.73. The molecule has 0 fully saturated rings. The molecule has 5 heteroatoms. The van der Waals surface area contributed by atoms with Gasteiger partial charge in [0.2, 0.25) is 4.69 Å². The van der Waals surface area contributed by atoms with Gasteiger partial charge in [-0.3, -0.25) is 14.9 Å². The average molecular weight is 258 g/mol. The van der Waals surface area contributed by atoms with Gasteiger partial charge in [-0.1, -0.05) is 0 Å². The summed E-state index contributed by atoms with van der Waals surface area (Å²) in [5.74, 6) is 0. The Balaban J connectivity index is 3.39. The Morgan fingerprint density at radius 3 is 2.07 bits per heavy atom. The van der Waals surface area contributed by atoms with Gasteiger partial charge in [0.25, 0.3) is 5.69 Å². The van der Waals surface area contributed by atoms with Crippen molar-refractivity contribution in [3.05, 3.63) is 38.9 Å². The van der Waals surface area contributed by atoms with Crippen LogP contribution in [-0.4, -0.2) is 9.62 Å². The van der Waals surface area contributed by atoms with Crippen LogP contribution in [-0.2, 0) is 0 Å². The highest BCUT2D eigenvalue weighted by Crippen LogP contribution is 2.23. The number of aryl methyl sites for hydroxylation is 2. The van der Waals surface area contributed by atoms with E-state index in [0.29, 0.717) is 16.7 Å². The van der Waals surface area contributed by atoms with Crippen molar-refractivity contribution in [3.8, 4) is 0 Å². The monoisotopic (exact) mass is 257 g/mol. The zero-order valence-electron chi connectivity index (χ0n) is 7.70. The van der Waals surface area contributed by atoms with Gasteiger partial charge in [0.05, 0.1) is 4.92 Å². The maximum atomic E-state index is 11.1. The van der Waals surface area contributed by atoms with Crippen LogP contribution in [0.3, 0.4) is 0 Å². The molecule has 14 heavy (non-hydrogen) atoms. The minimum atomic E-state index is -0.470. The van der Waals surface area contributed by atoms with Crippen LogP contribution in [0.5, 0.6) is 0 Å². The maximum absolute atomic E-state index is 11.1. The van der Waals surface area contributed by atoms with Crippen molar-refractivity contribution >= 4 is 26.3 Å². The highest BCUT2D eigenvalue weighted by Gasteiger charge is 2.15. The number of carbonyl (C=O) groups is 1. The predicted molar refractivity (Wildman–Crippen MR) is 55.8 cm³/mol. The van der Waals surface area contributed by atoms with E-state index in [4.69, 9.17) is 0 Å². The van der Waals surface area contributed by atoms with Crippen LogP contribution in [0.1, 0.15) is 21.5 Å². The number of benzene rings is 1. The van der Waals surface area contributed by atoms with Gasteiger partial charge in [0, 0.05) is 17.7 Å². The first-order chi connectivity index (χ1) is 6.43. The highest BCUT2D eigenvalue weighted by molar-refractivity contribution is 9.18. The normalized spacial score (nSPS) is 9.93. The molecule has 0 aliphatic carbocycles. The standard InChI is InChI=1S/C9H8BrNO3/c1-5-3-7(11(13)14)4-6(2)8(5)9(10)12/h3-4H,1-2H3. The highest BCUT2D eigenvalue weighted by atomic mass is 79.9. The number of rotatable bonds is 2. The van der Waals surface area contributed by atoms with Crippen molar-refractivity contribution in [2.45, 2.75) is 13.8 Å². The van der Waals surface area contributed by atoms with E-state index in [2.05, 4.69) is 15.9 Å². The lowest BCUT2D eigenvalue weighted by atomic mass is 10.0. The van der Waals surface area contributed by atoms with Crippen molar-refractivity contribution in [3.63, 3.8) is 0 Å². The summed E-state index contributed by atoms with van der Waals surface area (Å²) in [6.45, 7) is 3.35. The van der Waals surface area contributed by atoms with Crippen LogP contribution in [0.15, 0.2) is 12.1 Å². The summed E-state index contributed by atoms with van der Waals surface area (Å²) in [6, 6.07) is 2.78. The Labute approximate surface area is 89.2 Å². The predicted octanol–water partition coefficient (Wildman–Crippen LogP) is 2.75. The van der Waals surface area contributed by atoms with Crippen LogP contribution >= 0.6 is 15.9 Å². The zero-order chi connectivity index (χ0) is 10.9. The SMILES string of the molecule is Cc1cc([N+](=O)[O-])cc(C)c1C(=O)Br. The number of hydrogen-bond acceptors (Lipinski definition) is 3. The number of halogens is 1. The molecule has 4 nitrogen and oxygen atoms in total. The Bertz CT molecular complexity index is 392. The molecule has 0 aliphatic heterocycles. The lowest BCUT2D eigenvalue weighted by Crippen LogP contribution is -1.99. The molecule has 0 bridgehead atoms. The van der Waals surface area contributed by atoms with Gasteiger partial charge in [-0.15, -0.1) is 0 Å². The number of nitro benzene ring substituents is 1. The minimum absolute atomic E-state index is 0.0116. The molecule has 1 rings (SSSR count). The van der Waals surface area contributed by atoms with E-state index in [0.717, 1.165) is 0 Å². The lowest BCUT2D eigenvalue weighted by Gasteiger charge is -2.04. The average Bonchev–Trinajstić information content (AvgIpc) is 2.01.